The van der Waals surface area contributed by atoms with E-state index in [1.165, 1.54) is 0 Å². The maximum Gasteiger partial charge on any atom is 0.221 e. The summed E-state index contributed by atoms with van der Waals surface area (Å²) in [7, 11) is 1.91. The predicted octanol–water partition coefficient (Wildman–Crippen LogP) is 3.31. The molecule has 0 saturated heterocycles. The van der Waals surface area contributed by atoms with E-state index in [1.807, 2.05) is 54.2 Å². The summed E-state index contributed by atoms with van der Waals surface area (Å²) < 4.78 is 1.90. The molecule has 0 unspecified atom stereocenters. The van der Waals surface area contributed by atoms with Gasteiger partial charge in [0.25, 0.3) is 0 Å². The minimum absolute atomic E-state index is 0.0354. The van der Waals surface area contributed by atoms with Gasteiger partial charge in [-0.3, -0.25) is 9.78 Å². The van der Waals surface area contributed by atoms with Crippen molar-refractivity contribution in [1.29, 1.82) is 0 Å². The van der Waals surface area contributed by atoms with E-state index < -0.39 is 0 Å². The molecule has 0 bridgehead atoms. The van der Waals surface area contributed by atoms with Crippen LogP contribution in [0, 0.1) is 0 Å². The topological polar surface area (TPSA) is 59.8 Å². The smallest absolute Gasteiger partial charge is 0.221 e. The molecule has 1 amide bonds. The van der Waals surface area contributed by atoms with Gasteiger partial charge in [0.05, 0.1) is 0 Å². The summed E-state index contributed by atoms with van der Waals surface area (Å²) in [5.41, 5.74) is 1.98. The Labute approximate surface area is 151 Å². The van der Waals surface area contributed by atoms with Crippen LogP contribution < -0.4 is 5.32 Å². The number of hydrogen-bond acceptors (Lipinski definition) is 3. The van der Waals surface area contributed by atoms with Crippen LogP contribution in [0.3, 0.4) is 0 Å². The molecule has 128 valence electrons. The van der Waals surface area contributed by atoms with Gasteiger partial charge in [0.2, 0.25) is 5.91 Å². The average Bonchev–Trinajstić information content (AvgIpc) is 3.05. The zero-order chi connectivity index (χ0) is 17.6. The van der Waals surface area contributed by atoms with Gasteiger partial charge in [-0.05, 0) is 35.7 Å². The molecule has 25 heavy (non-hydrogen) atoms. The fourth-order valence-electron chi connectivity index (χ4n) is 2.64. The highest BCUT2D eigenvalue weighted by Gasteiger charge is 2.20. The summed E-state index contributed by atoms with van der Waals surface area (Å²) in [5.74, 6) is 0.740. The van der Waals surface area contributed by atoms with Crippen LogP contribution >= 0.6 is 11.6 Å². The molecule has 0 saturated carbocycles. The summed E-state index contributed by atoms with van der Waals surface area (Å²) in [5, 5.41) is 3.74. The number of pyridine rings is 1. The minimum Gasteiger partial charge on any atom is -0.342 e. The van der Waals surface area contributed by atoms with Crippen LogP contribution in [0.1, 0.15) is 29.4 Å². The third-order valence-electron chi connectivity index (χ3n) is 3.99. The number of aromatic nitrogens is 3. The Hall–Kier alpha value is -2.66. The summed E-state index contributed by atoms with van der Waals surface area (Å²) in [4.78, 5) is 20.9. The third-order valence-corrected chi connectivity index (χ3v) is 4.24. The lowest BCUT2D eigenvalue weighted by Crippen LogP contribution is -2.31. The van der Waals surface area contributed by atoms with Crippen molar-refractivity contribution in [1.82, 2.24) is 19.9 Å². The van der Waals surface area contributed by atoms with Crippen LogP contribution in [0.4, 0.5) is 0 Å². The normalized spacial score (nSPS) is 11.9. The molecule has 1 aromatic carbocycles. The Balaban J connectivity index is 1.74. The first-order valence-corrected chi connectivity index (χ1v) is 8.42. The molecule has 6 heteroatoms. The van der Waals surface area contributed by atoms with Gasteiger partial charge in [-0.15, -0.1) is 0 Å². The van der Waals surface area contributed by atoms with Crippen LogP contribution in [0.5, 0.6) is 0 Å². The molecule has 0 aliphatic heterocycles. The zero-order valence-electron chi connectivity index (χ0n) is 13.9. The first-order chi connectivity index (χ1) is 12.1. The zero-order valence-corrected chi connectivity index (χ0v) is 14.6. The predicted molar refractivity (Wildman–Crippen MR) is 97.2 cm³/mol. The van der Waals surface area contributed by atoms with E-state index in [9.17, 15) is 4.79 Å². The van der Waals surface area contributed by atoms with Gasteiger partial charge in [0, 0.05) is 43.3 Å². The van der Waals surface area contributed by atoms with Gasteiger partial charge in [-0.2, -0.15) is 0 Å². The molecular formula is C19H19ClN4O. The summed E-state index contributed by atoms with van der Waals surface area (Å²) in [6.07, 6.45) is 8.12. The van der Waals surface area contributed by atoms with Gasteiger partial charge >= 0.3 is 0 Å². The second kappa shape index (κ2) is 7.94. The standard InChI is InChI=1S/C19H19ClN4O/c1-24-12-11-22-19(24)18(15-5-7-16(20)8-6-15)23-17(25)9-4-14-3-2-10-21-13-14/h2-3,5-8,10-13,18H,4,9H2,1H3,(H,23,25)/t18-/m1/s1. The maximum absolute atomic E-state index is 12.5. The van der Waals surface area contributed by atoms with Crippen molar-refractivity contribution in [2.45, 2.75) is 18.9 Å². The lowest BCUT2D eigenvalue weighted by molar-refractivity contribution is -0.121. The van der Waals surface area contributed by atoms with Gasteiger partial charge < -0.3 is 9.88 Å². The Morgan fingerprint density at radius 2 is 2.04 bits per heavy atom. The lowest BCUT2D eigenvalue weighted by atomic mass is 10.1. The number of hydrogen-bond donors (Lipinski definition) is 1. The Morgan fingerprint density at radius 1 is 1.24 bits per heavy atom. The molecule has 2 heterocycles. The van der Waals surface area contributed by atoms with E-state index in [4.69, 9.17) is 11.6 Å². The second-order valence-electron chi connectivity index (χ2n) is 5.81. The highest BCUT2D eigenvalue weighted by Crippen LogP contribution is 2.22. The van der Waals surface area contributed by atoms with E-state index in [0.717, 1.165) is 17.0 Å². The number of nitrogens with zero attached hydrogens (tertiary/aromatic N) is 3. The number of rotatable bonds is 6. The van der Waals surface area contributed by atoms with Gasteiger partial charge in [-0.25, -0.2) is 4.98 Å². The van der Waals surface area contributed by atoms with Gasteiger partial charge in [0.15, 0.2) is 0 Å². The van der Waals surface area contributed by atoms with Crippen LogP contribution in [-0.4, -0.2) is 20.4 Å². The van der Waals surface area contributed by atoms with E-state index in [1.54, 1.807) is 18.6 Å². The highest BCUT2D eigenvalue weighted by molar-refractivity contribution is 6.30. The number of halogens is 1. The Kier molecular flexibility index (Phi) is 5.46. The van der Waals surface area contributed by atoms with E-state index in [0.29, 0.717) is 17.9 Å². The van der Waals surface area contributed by atoms with E-state index in [2.05, 4.69) is 15.3 Å². The van der Waals surface area contributed by atoms with Crippen molar-refractivity contribution in [3.63, 3.8) is 0 Å². The fourth-order valence-corrected chi connectivity index (χ4v) is 2.77. The lowest BCUT2D eigenvalue weighted by Gasteiger charge is -2.19. The molecule has 1 N–H and O–H groups in total. The molecular weight excluding hydrogens is 336 g/mol. The number of benzene rings is 1. The van der Waals surface area contributed by atoms with Crippen LogP contribution in [0.2, 0.25) is 5.02 Å². The van der Waals surface area contributed by atoms with Crippen molar-refractivity contribution >= 4 is 17.5 Å². The largest absolute Gasteiger partial charge is 0.342 e. The van der Waals surface area contributed by atoms with Crippen LogP contribution in [0.25, 0.3) is 0 Å². The molecule has 0 spiro atoms. The molecule has 0 aliphatic rings. The second-order valence-corrected chi connectivity index (χ2v) is 6.25. The molecule has 3 aromatic rings. The molecule has 5 nitrogen and oxygen atoms in total. The van der Waals surface area contributed by atoms with Crippen molar-refractivity contribution in [2.75, 3.05) is 0 Å². The highest BCUT2D eigenvalue weighted by atomic mass is 35.5. The summed E-state index contributed by atoms with van der Waals surface area (Å²) in [6, 6.07) is 11.0. The van der Waals surface area contributed by atoms with Crippen molar-refractivity contribution in [3.8, 4) is 0 Å². The number of carbonyl (C=O) groups excluding carboxylic acids is 1. The van der Waals surface area contributed by atoms with Crippen molar-refractivity contribution in [2.24, 2.45) is 7.05 Å². The molecule has 1 atom stereocenters. The SMILES string of the molecule is Cn1ccnc1[C@H](NC(=O)CCc1cccnc1)c1ccc(Cl)cc1. The molecule has 3 rings (SSSR count). The number of aryl methyl sites for hydroxylation is 2. The quantitative estimate of drug-likeness (QED) is 0.738. The summed E-state index contributed by atoms with van der Waals surface area (Å²) in [6.45, 7) is 0. The van der Waals surface area contributed by atoms with Crippen molar-refractivity contribution in [3.05, 3.63) is 83.2 Å². The average molecular weight is 355 g/mol. The molecule has 0 radical (unpaired) electrons. The number of imidazole rings is 1. The Bertz CT molecular complexity index is 830. The minimum atomic E-state index is -0.321. The summed E-state index contributed by atoms with van der Waals surface area (Å²) >= 11 is 5.98. The van der Waals surface area contributed by atoms with Gasteiger partial charge in [-0.1, -0.05) is 29.8 Å². The van der Waals surface area contributed by atoms with E-state index in [-0.39, 0.29) is 11.9 Å². The number of amides is 1. The molecule has 0 fully saturated rings. The van der Waals surface area contributed by atoms with Crippen LogP contribution in [-0.2, 0) is 18.3 Å². The van der Waals surface area contributed by atoms with Gasteiger partial charge in [0.1, 0.15) is 11.9 Å². The fraction of sp³-hybridized carbons (Fsp3) is 0.211. The monoisotopic (exact) mass is 354 g/mol. The number of nitrogens with one attached hydrogen (secondary N) is 1. The van der Waals surface area contributed by atoms with Crippen LogP contribution in [0.15, 0.2) is 61.2 Å². The maximum atomic E-state index is 12.5. The molecule has 0 aliphatic carbocycles. The number of carbonyl (C=O) groups is 1. The van der Waals surface area contributed by atoms with Crippen molar-refractivity contribution < 1.29 is 4.79 Å². The third kappa shape index (κ3) is 4.45. The molecule has 2 aromatic heterocycles. The first kappa shape index (κ1) is 17.2. The van der Waals surface area contributed by atoms with E-state index >= 15 is 0 Å². The first-order valence-electron chi connectivity index (χ1n) is 8.04. The Morgan fingerprint density at radius 3 is 2.68 bits per heavy atom.